The highest BCUT2D eigenvalue weighted by Crippen LogP contribution is 2.13. The largest absolute Gasteiger partial charge is 0.490 e. The van der Waals surface area contributed by atoms with Crippen LogP contribution in [-0.4, -0.2) is 78.6 Å². The molecule has 9 N–H and O–H groups in total. The number of nitrogens with zero attached hydrogens (tertiary/aromatic N) is 1. The Hall–Kier alpha value is -3.59. The Kier molecular flexibility index (Phi) is 14.6. The van der Waals surface area contributed by atoms with Crippen LogP contribution in [-0.2, 0) is 24.0 Å². The summed E-state index contributed by atoms with van der Waals surface area (Å²) in [6.07, 6.45) is -4.40. The quantitative estimate of drug-likeness (QED) is 0.103. The van der Waals surface area contributed by atoms with Crippen molar-refractivity contribution in [3.05, 3.63) is 0 Å². The van der Waals surface area contributed by atoms with Gasteiger partial charge in [0.05, 0.1) is 0 Å². The van der Waals surface area contributed by atoms with E-state index in [2.05, 4.69) is 26.3 Å². The first kappa shape index (κ1) is 31.6. The number of carbonyl (C=O) groups is 5. The first-order valence-electron chi connectivity index (χ1n) is 9.47. The van der Waals surface area contributed by atoms with Gasteiger partial charge in [0.2, 0.25) is 23.6 Å². The molecule has 0 unspecified atom stereocenters. The SMILES string of the molecule is CNC(=O)[C@H](C)NC(=O)[C@H](CCCN=C(N)N)NC(=O)[C@H](C)NC(C)=O.O=C(O)C(F)(F)F. The highest BCUT2D eigenvalue weighted by atomic mass is 19.4. The van der Waals surface area contributed by atoms with Crippen molar-refractivity contribution in [2.75, 3.05) is 13.6 Å². The Morgan fingerprint density at radius 3 is 1.82 bits per heavy atom. The summed E-state index contributed by atoms with van der Waals surface area (Å²) in [7, 11) is 1.45. The number of rotatable bonds is 10. The maximum Gasteiger partial charge on any atom is 0.490 e. The van der Waals surface area contributed by atoms with Gasteiger partial charge in [0.15, 0.2) is 5.96 Å². The van der Waals surface area contributed by atoms with E-state index in [9.17, 15) is 32.3 Å². The number of amides is 4. The number of nitrogens with two attached hydrogens (primary N) is 2. The van der Waals surface area contributed by atoms with Crippen molar-refractivity contribution < 1.29 is 42.3 Å². The van der Waals surface area contributed by atoms with Crippen molar-refractivity contribution in [1.29, 1.82) is 0 Å². The van der Waals surface area contributed by atoms with Crippen LogP contribution in [0.1, 0.15) is 33.6 Å². The van der Waals surface area contributed by atoms with Gasteiger partial charge in [-0.25, -0.2) is 4.79 Å². The molecule has 4 amide bonds. The number of halogens is 3. The molecular formula is C17H30F3N7O6. The molecule has 0 rings (SSSR count). The van der Waals surface area contributed by atoms with Crippen molar-refractivity contribution in [2.24, 2.45) is 16.5 Å². The Morgan fingerprint density at radius 2 is 1.42 bits per heavy atom. The number of aliphatic imine (C=N–C) groups is 1. The van der Waals surface area contributed by atoms with Gasteiger partial charge in [-0.05, 0) is 26.7 Å². The summed E-state index contributed by atoms with van der Waals surface area (Å²) in [5, 5.41) is 17.1. The molecule has 0 aliphatic carbocycles. The lowest BCUT2D eigenvalue weighted by Crippen LogP contribution is -2.55. The zero-order valence-electron chi connectivity index (χ0n) is 18.6. The van der Waals surface area contributed by atoms with Gasteiger partial charge in [0.1, 0.15) is 18.1 Å². The average molecular weight is 485 g/mol. The van der Waals surface area contributed by atoms with Gasteiger partial charge < -0.3 is 37.8 Å². The molecule has 16 heteroatoms. The Balaban J connectivity index is 0. The van der Waals surface area contributed by atoms with E-state index in [0.29, 0.717) is 6.42 Å². The van der Waals surface area contributed by atoms with Crippen molar-refractivity contribution in [3.8, 4) is 0 Å². The second-order valence-electron chi connectivity index (χ2n) is 6.58. The third-order valence-electron chi connectivity index (χ3n) is 3.63. The van der Waals surface area contributed by atoms with Gasteiger partial charge in [-0.3, -0.25) is 24.2 Å². The van der Waals surface area contributed by atoms with Gasteiger partial charge in [-0.15, -0.1) is 0 Å². The molecule has 0 aromatic carbocycles. The number of aliphatic carboxylic acids is 1. The zero-order chi connectivity index (χ0) is 26.4. The normalized spacial score (nSPS) is 13.1. The van der Waals surface area contributed by atoms with Crippen molar-refractivity contribution in [2.45, 2.75) is 57.9 Å². The maximum atomic E-state index is 12.4. The molecule has 13 nitrogen and oxygen atoms in total. The summed E-state index contributed by atoms with van der Waals surface area (Å²) in [5.74, 6) is -4.59. The Labute approximate surface area is 187 Å². The minimum Gasteiger partial charge on any atom is -0.475 e. The monoisotopic (exact) mass is 485 g/mol. The van der Waals surface area contributed by atoms with Crippen LogP contribution < -0.4 is 32.7 Å². The number of alkyl halides is 3. The molecule has 3 atom stereocenters. The van der Waals surface area contributed by atoms with E-state index in [1.165, 1.54) is 27.8 Å². The minimum absolute atomic E-state index is 0.0671. The minimum atomic E-state index is -5.08. The highest BCUT2D eigenvalue weighted by Gasteiger charge is 2.38. The van der Waals surface area contributed by atoms with Crippen molar-refractivity contribution >= 4 is 35.6 Å². The Morgan fingerprint density at radius 1 is 0.939 bits per heavy atom. The summed E-state index contributed by atoms with van der Waals surface area (Å²) in [6.45, 7) is 4.59. The van der Waals surface area contributed by atoms with Crippen LogP contribution in [0.15, 0.2) is 4.99 Å². The summed E-state index contributed by atoms with van der Waals surface area (Å²) in [6, 6.07) is -2.48. The number of guanidine groups is 1. The molecule has 0 aromatic heterocycles. The number of hydrogen-bond donors (Lipinski definition) is 7. The summed E-state index contributed by atoms with van der Waals surface area (Å²) >= 11 is 0. The standard InChI is InChI=1S/C15H29N7O4.C2HF3O2/c1-8(12(24)18-4)21-14(26)11(6-5-7-19-15(16)17)22-13(25)9(2)20-10(3)23;3-2(4,5)1(6)7/h8-9,11H,5-7H2,1-4H3,(H,18,24)(H,20,23)(H,21,26)(H,22,25)(H4,16,17,19);(H,6,7)/t8-,9-,11-;/m0./s1. The molecule has 0 spiro atoms. The van der Waals surface area contributed by atoms with Gasteiger partial charge in [0.25, 0.3) is 0 Å². The van der Waals surface area contributed by atoms with E-state index in [0.717, 1.165) is 0 Å². The average Bonchev–Trinajstić information content (AvgIpc) is 2.68. The van der Waals surface area contributed by atoms with E-state index < -0.39 is 42.1 Å². The second-order valence-corrected chi connectivity index (χ2v) is 6.58. The molecular weight excluding hydrogens is 455 g/mol. The number of carboxylic acid groups (broad SMARTS) is 1. The predicted octanol–water partition coefficient (Wildman–Crippen LogP) is -2.07. The summed E-state index contributed by atoms with van der Waals surface area (Å²) < 4.78 is 31.7. The number of hydrogen-bond acceptors (Lipinski definition) is 6. The van der Waals surface area contributed by atoms with E-state index in [-0.39, 0.29) is 30.7 Å². The van der Waals surface area contributed by atoms with E-state index in [4.69, 9.17) is 21.4 Å². The zero-order valence-corrected chi connectivity index (χ0v) is 18.6. The smallest absolute Gasteiger partial charge is 0.475 e. The first-order valence-corrected chi connectivity index (χ1v) is 9.47. The summed E-state index contributed by atoms with van der Waals surface area (Å²) in [5.41, 5.74) is 10.5. The second kappa shape index (κ2) is 15.3. The molecule has 0 radical (unpaired) electrons. The fraction of sp³-hybridized carbons (Fsp3) is 0.647. The van der Waals surface area contributed by atoms with Gasteiger partial charge in [-0.1, -0.05) is 0 Å². The van der Waals surface area contributed by atoms with Crippen molar-refractivity contribution in [1.82, 2.24) is 21.3 Å². The molecule has 190 valence electrons. The third-order valence-corrected chi connectivity index (χ3v) is 3.63. The number of nitrogens with one attached hydrogen (secondary N) is 4. The third kappa shape index (κ3) is 15.8. The number of carboxylic acids is 1. The van der Waals surface area contributed by atoms with E-state index in [1.54, 1.807) is 0 Å². The van der Waals surface area contributed by atoms with Crippen LogP contribution >= 0.6 is 0 Å². The van der Waals surface area contributed by atoms with E-state index in [1.807, 2.05) is 0 Å². The first-order chi connectivity index (χ1) is 15.0. The lowest BCUT2D eigenvalue weighted by atomic mass is 10.1. The van der Waals surface area contributed by atoms with Crippen LogP contribution in [0.5, 0.6) is 0 Å². The van der Waals surface area contributed by atoms with Gasteiger partial charge in [0, 0.05) is 20.5 Å². The molecule has 0 bridgehead atoms. The van der Waals surface area contributed by atoms with Crippen molar-refractivity contribution in [3.63, 3.8) is 0 Å². The molecule has 0 aromatic rings. The molecule has 0 saturated carbocycles. The molecule has 0 aliphatic heterocycles. The summed E-state index contributed by atoms with van der Waals surface area (Å²) in [4.78, 5) is 59.9. The lowest BCUT2D eigenvalue weighted by Gasteiger charge is -2.22. The highest BCUT2D eigenvalue weighted by molar-refractivity contribution is 5.93. The van der Waals surface area contributed by atoms with Gasteiger partial charge in [-0.2, -0.15) is 13.2 Å². The van der Waals surface area contributed by atoms with Gasteiger partial charge >= 0.3 is 12.1 Å². The van der Waals surface area contributed by atoms with Crippen LogP contribution in [0.3, 0.4) is 0 Å². The topological polar surface area (TPSA) is 218 Å². The van der Waals surface area contributed by atoms with Crippen LogP contribution in [0.25, 0.3) is 0 Å². The number of likely N-dealkylation sites (N-methyl/N-ethyl adjacent to an activating group) is 1. The van der Waals surface area contributed by atoms with Crippen LogP contribution in [0.4, 0.5) is 13.2 Å². The van der Waals surface area contributed by atoms with E-state index >= 15 is 0 Å². The number of carbonyl (C=O) groups excluding carboxylic acids is 4. The maximum absolute atomic E-state index is 12.4. The molecule has 0 aliphatic rings. The molecule has 0 fully saturated rings. The molecule has 33 heavy (non-hydrogen) atoms. The predicted molar refractivity (Wildman–Crippen MR) is 110 cm³/mol. The van der Waals surface area contributed by atoms with Crippen LogP contribution in [0, 0.1) is 0 Å². The van der Waals surface area contributed by atoms with Crippen LogP contribution in [0.2, 0.25) is 0 Å². The molecule has 0 heterocycles. The fourth-order valence-corrected chi connectivity index (χ4v) is 2.04. The molecule has 0 saturated heterocycles. The fourth-order valence-electron chi connectivity index (χ4n) is 2.04. The lowest BCUT2D eigenvalue weighted by molar-refractivity contribution is -0.192. The Bertz CT molecular complexity index is 726.